The first-order valence-corrected chi connectivity index (χ1v) is 8.16. The molecule has 122 valence electrons. The lowest BCUT2D eigenvalue weighted by Gasteiger charge is -2.12. The molecular formula is C21H18N4. The SMILES string of the molecule is CNc1nc(N)nc2cc(-c3ccccc3-c3ccccc3)ccc12. The van der Waals surface area contributed by atoms with Gasteiger partial charge in [0.05, 0.1) is 5.52 Å². The van der Waals surface area contributed by atoms with Crippen molar-refractivity contribution in [1.29, 1.82) is 0 Å². The van der Waals surface area contributed by atoms with E-state index in [-0.39, 0.29) is 5.95 Å². The highest BCUT2D eigenvalue weighted by Gasteiger charge is 2.10. The van der Waals surface area contributed by atoms with Gasteiger partial charge in [-0.15, -0.1) is 0 Å². The quantitative estimate of drug-likeness (QED) is 0.578. The van der Waals surface area contributed by atoms with Crippen molar-refractivity contribution in [3.63, 3.8) is 0 Å². The van der Waals surface area contributed by atoms with Crippen molar-refractivity contribution in [2.75, 3.05) is 18.1 Å². The van der Waals surface area contributed by atoms with Crippen LogP contribution in [-0.2, 0) is 0 Å². The van der Waals surface area contributed by atoms with E-state index in [2.05, 4.69) is 75.9 Å². The molecule has 0 unspecified atom stereocenters. The van der Waals surface area contributed by atoms with Crippen LogP contribution in [0.25, 0.3) is 33.2 Å². The Morgan fingerprint density at radius 3 is 2.16 bits per heavy atom. The minimum Gasteiger partial charge on any atom is -0.372 e. The summed E-state index contributed by atoms with van der Waals surface area (Å²) < 4.78 is 0. The van der Waals surface area contributed by atoms with Crippen LogP contribution in [0.15, 0.2) is 72.8 Å². The zero-order valence-corrected chi connectivity index (χ0v) is 13.9. The van der Waals surface area contributed by atoms with Crippen LogP contribution in [0, 0.1) is 0 Å². The monoisotopic (exact) mass is 326 g/mol. The van der Waals surface area contributed by atoms with Gasteiger partial charge in [0.15, 0.2) is 0 Å². The van der Waals surface area contributed by atoms with Crippen LogP contribution in [0.5, 0.6) is 0 Å². The van der Waals surface area contributed by atoms with Gasteiger partial charge in [-0.1, -0.05) is 60.7 Å². The molecule has 0 bridgehead atoms. The summed E-state index contributed by atoms with van der Waals surface area (Å²) in [5.74, 6) is 1.01. The highest BCUT2D eigenvalue weighted by Crippen LogP contribution is 2.34. The van der Waals surface area contributed by atoms with Crippen LogP contribution >= 0.6 is 0 Å². The maximum absolute atomic E-state index is 5.85. The first-order chi connectivity index (χ1) is 12.3. The Balaban J connectivity index is 1.92. The summed E-state index contributed by atoms with van der Waals surface area (Å²) in [6.07, 6.45) is 0. The lowest BCUT2D eigenvalue weighted by molar-refractivity contribution is 1.22. The molecule has 0 atom stereocenters. The molecule has 25 heavy (non-hydrogen) atoms. The second-order valence-electron chi connectivity index (χ2n) is 5.82. The molecule has 3 N–H and O–H groups in total. The number of anilines is 2. The molecular weight excluding hydrogens is 308 g/mol. The molecule has 1 heterocycles. The summed E-state index contributed by atoms with van der Waals surface area (Å²) >= 11 is 0. The predicted molar refractivity (Wildman–Crippen MR) is 104 cm³/mol. The Morgan fingerprint density at radius 2 is 1.44 bits per heavy atom. The summed E-state index contributed by atoms with van der Waals surface area (Å²) in [7, 11) is 1.83. The Labute approximate surface area is 146 Å². The van der Waals surface area contributed by atoms with E-state index in [1.807, 2.05) is 19.2 Å². The van der Waals surface area contributed by atoms with Crippen LogP contribution in [-0.4, -0.2) is 17.0 Å². The molecule has 0 aliphatic heterocycles. The standard InChI is InChI=1S/C21H18N4/c1-23-20-18-12-11-15(13-19(18)24-21(22)25-20)17-10-6-5-9-16(17)14-7-3-2-4-8-14/h2-13H,1H3,(H3,22,23,24,25). The van der Waals surface area contributed by atoms with E-state index in [1.54, 1.807) is 0 Å². The molecule has 4 nitrogen and oxygen atoms in total. The number of benzene rings is 3. The number of nitrogens with zero attached hydrogens (tertiary/aromatic N) is 2. The fourth-order valence-corrected chi connectivity index (χ4v) is 3.11. The smallest absolute Gasteiger partial charge is 0.222 e. The van der Waals surface area contributed by atoms with E-state index in [9.17, 15) is 0 Å². The molecule has 1 aromatic heterocycles. The Morgan fingerprint density at radius 1 is 0.760 bits per heavy atom. The van der Waals surface area contributed by atoms with E-state index >= 15 is 0 Å². The van der Waals surface area contributed by atoms with Gasteiger partial charge < -0.3 is 11.1 Å². The first kappa shape index (κ1) is 15.1. The van der Waals surface area contributed by atoms with Gasteiger partial charge in [0, 0.05) is 12.4 Å². The Hall–Kier alpha value is -3.40. The fraction of sp³-hybridized carbons (Fsp3) is 0.0476. The summed E-state index contributed by atoms with van der Waals surface area (Å²) in [6.45, 7) is 0. The van der Waals surface area contributed by atoms with Gasteiger partial charge in [-0.05, 0) is 34.4 Å². The minimum absolute atomic E-state index is 0.269. The zero-order chi connectivity index (χ0) is 17.2. The number of aromatic nitrogens is 2. The number of fused-ring (bicyclic) bond motifs is 1. The van der Waals surface area contributed by atoms with Gasteiger partial charge in [-0.25, -0.2) is 4.98 Å². The van der Waals surface area contributed by atoms with Crippen molar-refractivity contribution in [3.05, 3.63) is 72.8 Å². The molecule has 4 heteroatoms. The number of nitrogens with two attached hydrogens (primary N) is 1. The van der Waals surface area contributed by atoms with E-state index in [0.29, 0.717) is 0 Å². The molecule has 3 aromatic carbocycles. The third kappa shape index (κ3) is 2.78. The molecule has 4 aromatic rings. The number of rotatable bonds is 3. The van der Waals surface area contributed by atoms with Crippen LogP contribution < -0.4 is 11.1 Å². The molecule has 0 saturated heterocycles. The Kier molecular flexibility index (Phi) is 3.78. The van der Waals surface area contributed by atoms with E-state index in [4.69, 9.17) is 5.73 Å². The van der Waals surface area contributed by atoms with Crippen molar-refractivity contribution in [2.24, 2.45) is 0 Å². The largest absolute Gasteiger partial charge is 0.372 e. The number of nitrogen functional groups attached to an aromatic ring is 1. The maximum Gasteiger partial charge on any atom is 0.222 e. The number of nitrogens with one attached hydrogen (secondary N) is 1. The average Bonchev–Trinajstić information content (AvgIpc) is 2.67. The normalized spacial score (nSPS) is 10.8. The lowest BCUT2D eigenvalue weighted by atomic mass is 9.94. The van der Waals surface area contributed by atoms with E-state index < -0.39 is 0 Å². The number of hydrogen-bond acceptors (Lipinski definition) is 4. The van der Waals surface area contributed by atoms with Crippen molar-refractivity contribution in [2.45, 2.75) is 0 Å². The molecule has 0 spiro atoms. The predicted octanol–water partition coefficient (Wildman–Crippen LogP) is 4.59. The van der Waals surface area contributed by atoms with Gasteiger partial charge in [-0.2, -0.15) is 4.98 Å². The molecule has 4 rings (SSSR count). The zero-order valence-electron chi connectivity index (χ0n) is 13.9. The topological polar surface area (TPSA) is 63.8 Å². The van der Waals surface area contributed by atoms with Crippen molar-refractivity contribution in [3.8, 4) is 22.3 Å². The Bertz CT molecular complexity index is 1040. The molecule has 0 aliphatic rings. The van der Waals surface area contributed by atoms with Gasteiger partial charge in [-0.3, -0.25) is 0 Å². The third-order valence-electron chi connectivity index (χ3n) is 4.27. The van der Waals surface area contributed by atoms with Crippen LogP contribution in [0.4, 0.5) is 11.8 Å². The van der Waals surface area contributed by atoms with Crippen LogP contribution in [0.1, 0.15) is 0 Å². The van der Waals surface area contributed by atoms with Crippen LogP contribution in [0.2, 0.25) is 0 Å². The molecule has 0 aliphatic carbocycles. The maximum atomic E-state index is 5.85. The molecule has 0 saturated carbocycles. The summed E-state index contributed by atoms with van der Waals surface area (Å²) in [6, 6.07) is 25.0. The van der Waals surface area contributed by atoms with Gasteiger partial charge in [0.1, 0.15) is 5.82 Å². The van der Waals surface area contributed by atoms with Gasteiger partial charge in [0.2, 0.25) is 5.95 Å². The third-order valence-corrected chi connectivity index (χ3v) is 4.27. The first-order valence-electron chi connectivity index (χ1n) is 8.16. The second kappa shape index (κ2) is 6.24. The fourth-order valence-electron chi connectivity index (χ4n) is 3.11. The average molecular weight is 326 g/mol. The van der Waals surface area contributed by atoms with E-state index in [1.165, 1.54) is 16.7 Å². The van der Waals surface area contributed by atoms with Crippen LogP contribution in [0.3, 0.4) is 0 Å². The molecule has 0 fully saturated rings. The molecule has 0 amide bonds. The van der Waals surface area contributed by atoms with Gasteiger partial charge >= 0.3 is 0 Å². The van der Waals surface area contributed by atoms with Crippen molar-refractivity contribution in [1.82, 2.24) is 9.97 Å². The minimum atomic E-state index is 0.269. The lowest BCUT2D eigenvalue weighted by Crippen LogP contribution is -2.01. The van der Waals surface area contributed by atoms with Crippen molar-refractivity contribution < 1.29 is 0 Å². The summed E-state index contributed by atoms with van der Waals surface area (Å²) in [5.41, 5.74) is 11.3. The highest BCUT2D eigenvalue weighted by molar-refractivity contribution is 5.94. The number of hydrogen-bond donors (Lipinski definition) is 2. The second-order valence-corrected chi connectivity index (χ2v) is 5.82. The summed E-state index contributed by atoms with van der Waals surface area (Å²) in [4.78, 5) is 8.64. The molecule has 0 radical (unpaired) electrons. The summed E-state index contributed by atoms with van der Waals surface area (Å²) in [5, 5.41) is 4.03. The van der Waals surface area contributed by atoms with E-state index in [0.717, 1.165) is 22.3 Å². The van der Waals surface area contributed by atoms with Crippen molar-refractivity contribution >= 4 is 22.7 Å². The van der Waals surface area contributed by atoms with Gasteiger partial charge in [0.25, 0.3) is 0 Å². The highest BCUT2D eigenvalue weighted by atomic mass is 15.1.